The molecule has 2 aliphatic rings. The minimum absolute atomic E-state index is 0.0879. The molecule has 2 aliphatic heterocycles. The Morgan fingerprint density at radius 3 is 2.70 bits per heavy atom. The second kappa shape index (κ2) is 9.00. The molecular weight excluding hydrogens is 531 g/mol. The Bertz CT molecular complexity index is 700. The van der Waals surface area contributed by atoms with Crippen molar-refractivity contribution in [2.75, 3.05) is 13.2 Å². The molecule has 5 atom stereocenters. The highest BCUT2D eigenvalue weighted by Crippen LogP contribution is 2.39. The normalized spacial score (nSPS) is 29.1. The molecular formula is C17H17Cl3INO5. The molecule has 10 heteroatoms. The van der Waals surface area contributed by atoms with Gasteiger partial charge in [0.15, 0.2) is 12.4 Å². The zero-order valence-corrected chi connectivity index (χ0v) is 18.6. The molecule has 3 rings (SSSR count). The van der Waals surface area contributed by atoms with Crippen molar-refractivity contribution in [2.45, 2.75) is 39.2 Å². The van der Waals surface area contributed by atoms with Crippen molar-refractivity contribution in [2.24, 2.45) is 4.99 Å². The number of carbonyl (C=O) groups excluding carboxylic acids is 1. The third kappa shape index (κ3) is 5.00. The van der Waals surface area contributed by atoms with Crippen LogP contribution in [-0.4, -0.2) is 51.0 Å². The average molecular weight is 549 g/mol. The summed E-state index contributed by atoms with van der Waals surface area (Å²) in [6.07, 6.45) is -1.73. The third-order valence-corrected chi connectivity index (χ3v) is 5.78. The van der Waals surface area contributed by atoms with Gasteiger partial charge < -0.3 is 18.9 Å². The van der Waals surface area contributed by atoms with Crippen LogP contribution in [0.25, 0.3) is 0 Å². The molecule has 148 valence electrons. The molecule has 0 amide bonds. The SMILES string of the molecule is CCOC(=O)[C@@H](I)[C@@H]1N=C(C(Cl)(Cl)Cl)O[C@@H]2CO[C@@H](c3ccccc3)O[C@@H]12. The topological polar surface area (TPSA) is 66.4 Å². The standard InChI is InChI=1S/C17H17Cl3INO5/c1-2-24-14(23)11(21)12-13-10(26-16(22-12)17(18,19)20)8-25-15(27-13)9-6-4-3-5-7-9/h3-7,10-13,15H,2,8H2,1H3/t10-,11+,12+,13-,15-/m1/s1. The van der Waals surface area contributed by atoms with Gasteiger partial charge in [0.2, 0.25) is 5.90 Å². The number of halogens is 4. The summed E-state index contributed by atoms with van der Waals surface area (Å²) in [6, 6.07) is 8.83. The fourth-order valence-electron chi connectivity index (χ4n) is 2.85. The van der Waals surface area contributed by atoms with E-state index in [1.54, 1.807) is 6.92 Å². The lowest BCUT2D eigenvalue weighted by Crippen LogP contribution is -2.57. The molecule has 1 saturated heterocycles. The monoisotopic (exact) mass is 547 g/mol. The number of hydrogen-bond donors (Lipinski definition) is 0. The number of hydrogen-bond acceptors (Lipinski definition) is 6. The molecule has 1 aromatic rings. The van der Waals surface area contributed by atoms with Crippen molar-refractivity contribution in [3.05, 3.63) is 35.9 Å². The summed E-state index contributed by atoms with van der Waals surface area (Å²) in [7, 11) is 0. The number of esters is 1. The highest BCUT2D eigenvalue weighted by molar-refractivity contribution is 14.1. The summed E-state index contributed by atoms with van der Waals surface area (Å²) in [6.45, 7) is 2.19. The highest BCUT2D eigenvalue weighted by atomic mass is 127. The van der Waals surface area contributed by atoms with E-state index in [2.05, 4.69) is 4.99 Å². The van der Waals surface area contributed by atoms with Crippen LogP contribution in [0.3, 0.4) is 0 Å². The fraction of sp³-hybridized carbons (Fsp3) is 0.529. The van der Waals surface area contributed by atoms with E-state index in [4.69, 9.17) is 53.8 Å². The molecule has 2 heterocycles. The van der Waals surface area contributed by atoms with Crippen LogP contribution in [0.15, 0.2) is 35.3 Å². The first-order valence-corrected chi connectivity index (χ1v) is 10.6. The Morgan fingerprint density at radius 1 is 1.37 bits per heavy atom. The predicted octanol–water partition coefficient (Wildman–Crippen LogP) is 4.00. The lowest BCUT2D eigenvalue weighted by Gasteiger charge is -2.43. The number of nitrogens with zero attached hydrogens (tertiary/aromatic N) is 1. The molecule has 0 aromatic heterocycles. The lowest BCUT2D eigenvalue weighted by molar-refractivity contribution is -0.261. The van der Waals surface area contributed by atoms with Gasteiger partial charge in [-0.2, -0.15) is 0 Å². The van der Waals surface area contributed by atoms with Crippen molar-refractivity contribution in [1.82, 2.24) is 0 Å². The maximum absolute atomic E-state index is 12.3. The summed E-state index contributed by atoms with van der Waals surface area (Å²) in [4.78, 5) is 16.7. The van der Waals surface area contributed by atoms with Crippen molar-refractivity contribution in [3.63, 3.8) is 0 Å². The number of carbonyl (C=O) groups is 1. The van der Waals surface area contributed by atoms with Gasteiger partial charge in [-0.3, -0.25) is 4.79 Å². The molecule has 1 aromatic carbocycles. The van der Waals surface area contributed by atoms with Crippen LogP contribution in [0.2, 0.25) is 0 Å². The third-order valence-electron chi connectivity index (χ3n) is 4.05. The van der Waals surface area contributed by atoms with Crippen LogP contribution in [0.5, 0.6) is 0 Å². The van der Waals surface area contributed by atoms with Crippen LogP contribution in [-0.2, 0) is 23.7 Å². The molecule has 1 fully saturated rings. The van der Waals surface area contributed by atoms with Gasteiger partial charge in [-0.15, -0.1) is 0 Å². The number of alkyl halides is 4. The van der Waals surface area contributed by atoms with Gasteiger partial charge in [-0.25, -0.2) is 4.99 Å². The Labute approximate surface area is 185 Å². The quantitative estimate of drug-likeness (QED) is 0.323. The van der Waals surface area contributed by atoms with Gasteiger partial charge in [-0.1, -0.05) is 87.7 Å². The van der Waals surface area contributed by atoms with Crippen molar-refractivity contribution < 1.29 is 23.7 Å². The zero-order chi connectivity index (χ0) is 19.6. The maximum atomic E-state index is 12.3. The number of aliphatic imine (C=N–C) groups is 1. The molecule has 0 N–H and O–H groups in total. The maximum Gasteiger partial charge on any atom is 0.321 e. The Balaban J connectivity index is 1.89. The molecule has 6 nitrogen and oxygen atoms in total. The van der Waals surface area contributed by atoms with Crippen LogP contribution in [0.4, 0.5) is 0 Å². The first kappa shape index (κ1) is 21.4. The molecule has 0 bridgehead atoms. The second-order valence-electron chi connectivity index (χ2n) is 5.91. The molecule has 0 aliphatic carbocycles. The van der Waals surface area contributed by atoms with Gasteiger partial charge in [-0.05, 0) is 6.92 Å². The Kier molecular flexibility index (Phi) is 7.13. The van der Waals surface area contributed by atoms with E-state index in [1.165, 1.54) is 0 Å². The van der Waals surface area contributed by atoms with E-state index >= 15 is 0 Å². The molecule has 0 spiro atoms. The van der Waals surface area contributed by atoms with E-state index < -0.39 is 38.2 Å². The van der Waals surface area contributed by atoms with Crippen LogP contribution in [0.1, 0.15) is 18.8 Å². The number of rotatable bonds is 4. The largest absolute Gasteiger partial charge is 0.469 e. The van der Waals surface area contributed by atoms with E-state index in [1.807, 2.05) is 52.9 Å². The number of benzene rings is 1. The van der Waals surface area contributed by atoms with E-state index in [0.29, 0.717) is 0 Å². The molecule has 0 unspecified atom stereocenters. The minimum atomic E-state index is -1.86. The van der Waals surface area contributed by atoms with E-state index in [-0.39, 0.29) is 19.1 Å². The summed E-state index contributed by atoms with van der Waals surface area (Å²) in [5.41, 5.74) is 0.854. The Morgan fingerprint density at radius 2 is 2.07 bits per heavy atom. The second-order valence-corrected chi connectivity index (χ2v) is 9.53. The Hall–Kier alpha value is -0.320. The first-order chi connectivity index (χ1) is 12.8. The van der Waals surface area contributed by atoms with Crippen molar-refractivity contribution in [3.8, 4) is 0 Å². The van der Waals surface area contributed by atoms with E-state index in [0.717, 1.165) is 5.56 Å². The summed E-state index contributed by atoms with van der Waals surface area (Å²) >= 11 is 19.8. The first-order valence-electron chi connectivity index (χ1n) is 8.25. The summed E-state index contributed by atoms with van der Waals surface area (Å²) in [5.74, 6) is -0.502. The minimum Gasteiger partial charge on any atom is -0.469 e. The van der Waals surface area contributed by atoms with Gasteiger partial charge in [0, 0.05) is 5.56 Å². The van der Waals surface area contributed by atoms with Gasteiger partial charge in [0.05, 0.1) is 13.2 Å². The molecule has 0 radical (unpaired) electrons. The summed E-state index contributed by atoms with van der Waals surface area (Å²) in [5, 5.41) is 0. The average Bonchev–Trinajstić information content (AvgIpc) is 2.66. The number of fused-ring (bicyclic) bond motifs is 1. The van der Waals surface area contributed by atoms with Crippen molar-refractivity contribution in [1.29, 1.82) is 0 Å². The van der Waals surface area contributed by atoms with Crippen molar-refractivity contribution >= 4 is 69.3 Å². The molecule has 27 heavy (non-hydrogen) atoms. The summed E-state index contributed by atoms with van der Waals surface area (Å²) < 4.78 is 20.2. The van der Waals surface area contributed by atoms with Crippen LogP contribution < -0.4 is 0 Å². The zero-order valence-electron chi connectivity index (χ0n) is 14.2. The van der Waals surface area contributed by atoms with Crippen LogP contribution >= 0.6 is 57.4 Å². The lowest BCUT2D eigenvalue weighted by atomic mass is 10.00. The van der Waals surface area contributed by atoms with Crippen LogP contribution in [0, 0.1) is 0 Å². The highest BCUT2D eigenvalue weighted by Gasteiger charge is 2.50. The van der Waals surface area contributed by atoms with Gasteiger partial charge in [0.25, 0.3) is 3.79 Å². The number of ether oxygens (including phenoxy) is 4. The van der Waals surface area contributed by atoms with Gasteiger partial charge in [0.1, 0.15) is 16.1 Å². The van der Waals surface area contributed by atoms with E-state index in [9.17, 15) is 4.79 Å². The fourth-order valence-corrected chi connectivity index (χ4v) is 3.88. The molecule has 0 saturated carbocycles. The smallest absolute Gasteiger partial charge is 0.321 e. The van der Waals surface area contributed by atoms with Gasteiger partial charge >= 0.3 is 5.97 Å². The predicted molar refractivity (Wildman–Crippen MR) is 111 cm³/mol.